The fraction of sp³-hybridized carbons (Fsp3) is 0.269. The van der Waals surface area contributed by atoms with Gasteiger partial charge in [-0.05, 0) is 29.2 Å². The van der Waals surface area contributed by atoms with Gasteiger partial charge in [-0.1, -0.05) is 55.8 Å². The lowest BCUT2D eigenvalue weighted by Crippen LogP contribution is -2.39. The van der Waals surface area contributed by atoms with Crippen molar-refractivity contribution in [3.8, 4) is 6.07 Å². The molecular weight excluding hydrogens is 533 g/mol. The highest BCUT2D eigenvalue weighted by atomic mass is 35.5. The summed E-state index contributed by atoms with van der Waals surface area (Å²) >= 11 is 6.41. The molecule has 1 atom stereocenters. The lowest BCUT2D eigenvalue weighted by molar-refractivity contribution is -0.159. The summed E-state index contributed by atoms with van der Waals surface area (Å²) in [5.41, 5.74) is 5.93. The van der Waals surface area contributed by atoms with Gasteiger partial charge in [-0.15, -0.1) is 5.10 Å². The number of aromatic nitrogens is 4. The van der Waals surface area contributed by atoms with Gasteiger partial charge >= 0.3 is 12.0 Å². The number of carbonyl (C=O) groups is 1. The minimum Gasteiger partial charge on any atom is -0.383 e. The van der Waals surface area contributed by atoms with Crippen molar-refractivity contribution in [1.82, 2.24) is 20.0 Å². The predicted molar refractivity (Wildman–Crippen MR) is 141 cm³/mol. The number of anilines is 2. The number of rotatable bonds is 8. The van der Waals surface area contributed by atoms with E-state index in [1.807, 2.05) is 20.8 Å². The molecule has 2 heterocycles. The largest absolute Gasteiger partial charge is 0.423 e. The van der Waals surface area contributed by atoms with Crippen LogP contribution in [0, 0.1) is 22.6 Å². The Morgan fingerprint density at radius 3 is 2.62 bits per heavy atom. The van der Waals surface area contributed by atoms with Gasteiger partial charge in [0.2, 0.25) is 0 Å². The normalized spacial score (nSPS) is 12.7. The second kappa shape index (κ2) is 10.4. The number of halogens is 4. The third-order valence-corrected chi connectivity index (χ3v) is 6.10. The van der Waals surface area contributed by atoms with Crippen molar-refractivity contribution in [2.24, 2.45) is 11.1 Å². The molecule has 0 fully saturated rings. The fourth-order valence-electron chi connectivity index (χ4n) is 3.82. The van der Waals surface area contributed by atoms with E-state index in [0.29, 0.717) is 23.2 Å². The van der Waals surface area contributed by atoms with Gasteiger partial charge in [0.05, 0.1) is 23.5 Å². The number of nitrogens with one attached hydrogen (secondary N) is 2. The fourth-order valence-corrected chi connectivity index (χ4v) is 4.06. The molecule has 4 N–H and O–H groups in total. The third-order valence-electron chi connectivity index (χ3n) is 5.76. The quantitative estimate of drug-likeness (QED) is 0.272. The van der Waals surface area contributed by atoms with Crippen LogP contribution in [0.3, 0.4) is 0 Å². The van der Waals surface area contributed by atoms with E-state index in [9.17, 15) is 18.8 Å². The number of pyridine rings is 1. The number of nitrogens with zero attached hydrogens (tertiary/aromatic N) is 5. The first-order chi connectivity index (χ1) is 18.3. The Labute approximate surface area is 226 Å². The summed E-state index contributed by atoms with van der Waals surface area (Å²) in [5.74, 6) is -2.59. The second-order valence-electron chi connectivity index (χ2n) is 10.0. The van der Waals surface area contributed by atoms with Crippen LogP contribution >= 0.6 is 11.6 Å². The van der Waals surface area contributed by atoms with Crippen molar-refractivity contribution in [2.45, 2.75) is 32.9 Å². The zero-order chi connectivity index (χ0) is 28.5. The Kier molecular flexibility index (Phi) is 7.39. The maximum Gasteiger partial charge on any atom is 0.423 e. The highest BCUT2D eigenvalue weighted by Gasteiger charge is 2.41. The van der Waals surface area contributed by atoms with Gasteiger partial charge in [-0.25, -0.2) is 4.39 Å². The van der Waals surface area contributed by atoms with E-state index in [1.165, 1.54) is 12.3 Å². The van der Waals surface area contributed by atoms with E-state index in [2.05, 4.69) is 32.0 Å². The first-order valence-corrected chi connectivity index (χ1v) is 12.1. The maximum atomic E-state index is 15.3. The number of alkyl halides is 2. The summed E-state index contributed by atoms with van der Waals surface area (Å²) in [6, 6.07) is 6.30. The number of amides is 1. The minimum atomic E-state index is -4.13. The molecule has 4 rings (SSSR count). The summed E-state index contributed by atoms with van der Waals surface area (Å²) in [5, 5.41) is 23.8. The van der Waals surface area contributed by atoms with Crippen LogP contribution in [0.2, 0.25) is 5.02 Å². The van der Waals surface area contributed by atoms with Crippen molar-refractivity contribution < 1.29 is 18.0 Å². The molecule has 0 aliphatic rings. The average molecular weight is 557 g/mol. The third kappa shape index (κ3) is 5.73. The van der Waals surface area contributed by atoms with Crippen LogP contribution in [0.1, 0.15) is 43.6 Å². The number of nitrogens with two attached hydrogens (primary N) is 1. The monoisotopic (exact) mass is 556 g/mol. The van der Waals surface area contributed by atoms with Gasteiger partial charge in [0, 0.05) is 28.8 Å². The Balaban J connectivity index is 1.84. The second-order valence-corrected chi connectivity index (χ2v) is 10.4. The van der Waals surface area contributed by atoms with Crippen LogP contribution < -0.4 is 16.4 Å². The molecule has 0 radical (unpaired) electrons. The van der Waals surface area contributed by atoms with Crippen molar-refractivity contribution in [3.63, 3.8) is 0 Å². The first kappa shape index (κ1) is 27.7. The molecule has 9 nitrogen and oxygen atoms in total. The molecule has 0 aliphatic heterocycles. The number of fused-ring (bicyclic) bond motifs is 1. The lowest BCUT2D eigenvalue weighted by Gasteiger charge is -2.22. The zero-order valence-corrected chi connectivity index (χ0v) is 21.9. The number of hydrogen-bond donors (Lipinski definition) is 3. The number of carbonyl (C=O) groups excluding carboxylic acids is 1. The van der Waals surface area contributed by atoms with E-state index in [0.717, 1.165) is 6.20 Å². The molecule has 0 spiro atoms. The standard InChI is InChI=1S/C26H24ClF3N8O/c1-25(2,3)13-34-21-14(10-31)11-33-22-17(21)8-15(9-19(22)28)35-23(16-6-4-5-7-18(16)27)20-12-38(37-36-20)26(29,30)24(32)39/h4-9,11-12,23,35H,13H2,1-3H3,(H2,32,39)(H,33,34)/t23-/m0/s1. The SMILES string of the molecule is CC(C)(C)CNc1c(C#N)cnc2c(F)cc(N[C@H](c3cn(C(F)(F)C(N)=O)nn3)c3ccccc3Cl)cc12. The molecule has 1 amide bonds. The highest BCUT2D eigenvalue weighted by Crippen LogP contribution is 2.35. The van der Waals surface area contributed by atoms with Gasteiger partial charge in [-0.2, -0.15) is 18.7 Å². The molecule has 39 heavy (non-hydrogen) atoms. The summed E-state index contributed by atoms with van der Waals surface area (Å²) in [4.78, 5) is 15.4. The van der Waals surface area contributed by atoms with Crippen LogP contribution in [0.4, 0.5) is 24.5 Å². The minimum absolute atomic E-state index is 0.0392. The number of nitriles is 1. The molecule has 13 heteroatoms. The van der Waals surface area contributed by atoms with E-state index >= 15 is 4.39 Å². The smallest absolute Gasteiger partial charge is 0.383 e. The van der Waals surface area contributed by atoms with Gasteiger partial charge in [0.25, 0.3) is 0 Å². The first-order valence-electron chi connectivity index (χ1n) is 11.7. The highest BCUT2D eigenvalue weighted by molar-refractivity contribution is 6.31. The summed E-state index contributed by atoms with van der Waals surface area (Å²) in [7, 11) is 0. The van der Waals surface area contributed by atoms with Crippen LogP contribution in [-0.4, -0.2) is 32.4 Å². The van der Waals surface area contributed by atoms with Gasteiger partial charge < -0.3 is 16.4 Å². The van der Waals surface area contributed by atoms with Crippen molar-refractivity contribution in [2.75, 3.05) is 17.2 Å². The van der Waals surface area contributed by atoms with E-state index in [4.69, 9.17) is 17.3 Å². The summed E-state index contributed by atoms with van der Waals surface area (Å²) < 4.78 is 43.8. The Morgan fingerprint density at radius 2 is 1.97 bits per heavy atom. The van der Waals surface area contributed by atoms with Gasteiger partial charge in [0.1, 0.15) is 17.3 Å². The molecule has 0 bridgehead atoms. The summed E-state index contributed by atoms with van der Waals surface area (Å²) in [6.07, 6.45) is 2.15. The van der Waals surface area contributed by atoms with Crippen LogP contribution in [0.5, 0.6) is 0 Å². The molecule has 202 valence electrons. The molecule has 0 saturated heterocycles. The Bertz CT molecular complexity index is 1590. The number of primary amides is 1. The maximum absolute atomic E-state index is 15.3. The topological polar surface area (TPSA) is 135 Å². The number of benzene rings is 2. The van der Waals surface area contributed by atoms with Gasteiger partial charge in [-0.3, -0.25) is 9.78 Å². The van der Waals surface area contributed by atoms with E-state index in [1.54, 1.807) is 30.3 Å². The van der Waals surface area contributed by atoms with Crippen LogP contribution in [-0.2, 0) is 10.8 Å². The van der Waals surface area contributed by atoms with Crippen molar-refractivity contribution in [3.05, 3.63) is 76.5 Å². The Morgan fingerprint density at radius 1 is 1.26 bits per heavy atom. The van der Waals surface area contributed by atoms with Gasteiger partial charge in [0.15, 0.2) is 5.82 Å². The average Bonchev–Trinajstić information content (AvgIpc) is 3.36. The molecule has 2 aromatic carbocycles. The molecule has 0 unspecified atom stereocenters. The molecular formula is C26H24ClF3N8O. The molecule has 0 aliphatic carbocycles. The van der Waals surface area contributed by atoms with Crippen LogP contribution in [0.25, 0.3) is 10.9 Å². The van der Waals surface area contributed by atoms with Crippen molar-refractivity contribution >= 4 is 39.8 Å². The number of hydrogen-bond acceptors (Lipinski definition) is 7. The molecule has 0 saturated carbocycles. The summed E-state index contributed by atoms with van der Waals surface area (Å²) in [6.45, 7) is 6.50. The zero-order valence-electron chi connectivity index (χ0n) is 21.1. The van der Waals surface area contributed by atoms with Crippen LogP contribution in [0.15, 0.2) is 48.8 Å². The van der Waals surface area contributed by atoms with E-state index in [-0.39, 0.29) is 37.6 Å². The molecule has 2 aromatic heterocycles. The van der Waals surface area contributed by atoms with Crippen molar-refractivity contribution in [1.29, 1.82) is 5.26 Å². The lowest BCUT2D eigenvalue weighted by atomic mass is 9.96. The predicted octanol–water partition coefficient (Wildman–Crippen LogP) is 5.18. The molecule has 4 aromatic rings. The Hall–Kier alpha value is -4.37. The van der Waals surface area contributed by atoms with E-state index < -0.39 is 23.8 Å².